The van der Waals surface area contributed by atoms with E-state index in [0.717, 1.165) is 25.4 Å². The number of carboxylic acids is 1. The van der Waals surface area contributed by atoms with Crippen molar-refractivity contribution in [3.63, 3.8) is 0 Å². The van der Waals surface area contributed by atoms with Gasteiger partial charge in [0.15, 0.2) is 0 Å². The van der Waals surface area contributed by atoms with E-state index >= 15 is 0 Å². The van der Waals surface area contributed by atoms with E-state index in [4.69, 9.17) is 5.11 Å². The second-order valence-electron chi connectivity index (χ2n) is 4.27. The third-order valence-corrected chi connectivity index (χ3v) is 3.08. The number of hydrogen-bond donors (Lipinski definition) is 1. The molecular formula is C11H21NO2. The van der Waals surface area contributed by atoms with Crippen LogP contribution < -0.4 is 0 Å². The maximum atomic E-state index is 10.6. The number of hydrogen-bond acceptors (Lipinski definition) is 2. The minimum absolute atomic E-state index is 0.264. The van der Waals surface area contributed by atoms with Crippen LogP contribution >= 0.6 is 0 Å². The molecule has 1 aliphatic rings. The monoisotopic (exact) mass is 199 g/mol. The summed E-state index contributed by atoms with van der Waals surface area (Å²) in [7, 11) is 0. The highest BCUT2D eigenvalue weighted by Gasteiger charge is 2.31. The highest BCUT2D eigenvalue weighted by atomic mass is 16.4. The SMILES string of the molecule is CCCC1CN(C(CC)CC(=O)O)C1. The number of nitrogens with zero attached hydrogens (tertiary/aromatic N) is 1. The zero-order chi connectivity index (χ0) is 10.6. The molecular weight excluding hydrogens is 178 g/mol. The molecule has 0 aromatic rings. The fraction of sp³-hybridized carbons (Fsp3) is 0.909. The van der Waals surface area contributed by atoms with Crippen molar-refractivity contribution >= 4 is 5.97 Å². The second-order valence-corrected chi connectivity index (χ2v) is 4.27. The maximum Gasteiger partial charge on any atom is 0.304 e. The van der Waals surface area contributed by atoms with Crippen LogP contribution in [0.25, 0.3) is 0 Å². The fourth-order valence-electron chi connectivity index (χ4n) is 2.23. The van der Waals surface area contributed by atoms with Gasteiger partial charge in [-0.15, -0.1) is 0 Å². The fourth-order valence-corrected chi connectivity index (χ4v) is 2.23. The van der Waals surface area contributed by atoms with Crippen LogP contribution in [0.3, 0.4) is 0 Å². The van der Waals surface area contributed by atoms with Crippen molar-refractivity contribution in [1.29, 1.82) is 0 Å². The number of aliphatic carboxylic acids is 1. The van der Waals surface area contributed by atoms with Gasteiger partial charge < -0.3 is 5.11 Å². The smallest absolute Gasteiger partial charge is 0.304 e. The molecule has 1 rings (SSSR count). The van der Waals surface area contributed by atoms with Gasteiger partial charge in [0, 0.05) is 19.1 Å². The van der Waals surface area contributed by atoms with E-state index < -0.39 is 5.97 Å². The largest absolute Gasteiger partial charge is 0.481 e. The van der Waals surface area contributed by atoms with Crippen LogP contribution in [-0.2, 0) is 4.79 Å². The molecule has 3 heteroatoms. The molecule has 1 unspecified atom stereocenters. The standard InChI is InChI=1S/C11H21NO2/c1-3-5-9-7-12(8-9)10(4-2)6-11(13)14/h9-10H,3-8H2,1-2H3,(H,13,14). The Morgan fingerprint density at radius 1 is 1.50 bits per heavy atom. The van der Waals surface area contributed by atoms with E-state index in [1.807, 2.05) is 0 Å². The molecule has 1 fully saturated rings. The molecule has 14 heavy (non-hydrogen) atoms. The number of carboxylic acid groups (broad SMARTS) is 1. The van der Waals surface area contributed by atoms with Gasteiger partial charge in [-0.25, -0.2) is 0 Å². The Balaban J connectivity index is 2.25. The molecule has 0 radical (unpaired) electrons. The molecule has 0 aromatic heterocycles. The summed E-state index contributed by atoms with van der Waals surface area (Å²) in [5, 5.41) is 8.73. The first kappa shape index (κ1) is 11.5. The van der Waals surface area contributed by atoms with Gasteiger partial charge in [-0.3, -0.25) is 9.69 Å². The summed E-state index contributed by atoms with van der Waals surface area (Å²) < 4.78 is 0. The van der Waals surface area contributed by atoms with Crippen LogP contribution in [-0.4, -0.2) is 35.1 Å². The molecule has 0 bridgehead atoms. The molecule has 82 valence electrons. The van der Waals surface area contributed by atoms with Gasteiger partial charge in [0.1, 0.15) is 0 Å². The predicted molar refractivity (Wildman–Crippen MR) is 56.3 cm³/mol. The van der Waals surface area contributed by atoms with Crippen molar-refractivity contribution in [3.05, 3.63) is 0 Å². The molecule has 1 saturated heterocycles. The Bertz CT molecular complexity index is 188. The molecule has 1 atom stereocenters. The molecule has 1 N–H and O–H groups in total. The Kier molecular flexibility index (Phi) is 4.39. The molecule has 3 nitrogen and oxygen atoms in total. The van der Waals surface area contributed by atoms with Crippen molar-refractivity contribution in [2.75, 3.05) is 13.1 Å². The zero-order valence-electron chi connectivity index (χ0n) is 9.20. The Morgan fingerprint density at radius 2 is 2.14 bits per heavy atom. The summed E-state index contributed by atoms with van der Waals surface area (Å²) >= 11 is 0. The average molecular weight is 199 g/mol. The number of carbonyl (C=O) groups is 1. The lowest BCUT2D eigenvalue weighted by Crippen LogP contribution is -2.52. The maximum absolute atomic E-state index is 10.6. The van der Waals surface area contributed by atoms with Crippen molar-refractivity contribution < 1.29 is 9.90 Å². The van der Waals surface area contributed by atoms with E-state index in [2.05, 4.69) is 18.7 Å². The van der Waals surface area contributed by atoms with Gasteiger partial charge in [0.25, 0.3) is 0 Å². The van der Waals surface area contributed by atoms with Crippen LogP contribution in [0.2, 0.25) is 0 Å². The minimum Gasteiger partial charge on any atom is -0.481 e. The predicted octanol–water partition coefficient (Wildman–Crippen LogP) is 1.97. The molecule has 0 aromatic carbocycles. The third-order valence-electron chi connectivity index (χ3n) is 3.08. The van der Waals surface area contributed by atoms with E-state index in [1.165, 1.54) is 12.8 Å². The van der Waals surface area contributed by atoms with Gasteiger partial charge >= 0.3 is 5.97 Å². The third kappa shape index (κ3) is 2.98. The highest BCUT2D eigenvalue weighted by Crippen LogP contribution is 2.25. The van der Waals surface area contributed by atoms with Gasteiger partial charge in [-0.1, -0.05) is 20.3 Å². The van der Waals surface area contributed by atoms with Crippen LogP contribution in [0.15, 0.2) is 0 Å². The van der Waals surface area contributed by atoms with E-state index in [1.54, 1.807) is 0 Å². The first-order chi connectivity index (χ1) is 6.67. The van der Waals surface area contributed by atoms with E-state index in [-0.39, 0.29) is 6.04 Å². The molecule has 1 heterocycles. The molecule has 0 amide bonds. The summed E-state index contributed by atoms with van der Waals surface area (Å²) in [4.78, 5) is 12.9. The van der Waals surface area contributed by atoms with Gasteiger partial charge in [0.2, 0.25) is 0 Å². The van der Waals surface area contributed by atoms with Crippen molar-refractivity contribution in [2.45, 2.75) is 45.6 Å². The van der Waals surface area contributed by atoms with Crippen molar-refractivity contribution in [3.8, 4) is 0 Å². The molecule has 0 aliphatic carbocycles. The van der Waals surface area contributed by atoms with Crippen LogP contribution in [0.1, 0.15) is 39.5 Å². The topological polar surface area (TPSA) is 40.5 Å². The Morgan fingerprint density at radius 3 is 2.57 bits per heavy atom. The first-order valence-corrected chi connectivity index (χ1v) is 5.63. The Hall–Kier alpha value is -0.570. The van der Waals surface area contributed by atoms with E-state index in [9.17, 15) is 4.79 Å². The van der Waals surface area contributed by atoms with Crippen LogP contribution in [0.5, 0.6) is 0 Å². The Labute approximate surface area is 86.1 Å². The van der Waals surface area contributed by atoms with Crippen LogP contribution in [0.4, 0.5) is 0 Å². The average Bonchev–Trinajstić information content (AvgIpc) is 2.07. The zero-order valence-corrected chi connectivity index (χ0v) is 9.20. The number of likely N-dealkylation sites (tertiary alicyclic amines) is 1. The quantitative estimate of drug-likeness (QED) is 0.711. The molecule has 0 spiro atoms. The lowest BCUT2D eigenvalue weighted by molar-refractivity contribution is -0.139. The van der Waals surface area contributed by atoms with Crippen LogP contribution in [0, 0.1) is 5.92 Å². The summed E-state index contributed by atoms with van der Waals surface area (Å²) in [5.74, 6) is 0.152. The van der Waals surface area contributed by atoms with Gasteiger partial charge in [-0.05, 0) is 18.8 Å². The first-order valence-electron chi connectivity index (χ1n) is 5.63. The molecule has 1 aliphatic heterocycles. The summed E-state index contributed by atoms with van der Waals surface area (Å²) in [6.07, 6.45) is 3.79. The highest BCUT2D eigenvalue weighted by molar-refractivity contribution is 5.67. The lowest BCUT2D eigenvalue weighted by Gasteiger charge is -2.44. The summed E-state index contributed by atoms with van der Waals surface area (Å²) in [6.45, 7) is 6.50. The number of rotatable bonds is 6. The van der Waals surface area contributed by atoms with Gasteiger partial charge in [0.05, 0.1) is 6.42 Å². The molecule has 0 saturated carbocycles. The van der Waals surface area contributed by atoms with Crippen molar-refractivity contribution in [2.24, 2.45) is 5.92 Å². The second kappa shape index (κ2) is 5.35. The van der Waals surface area contributed by atoms with Crippen molar-refractivity contribution in [1.82, 2.24) is 4.90 Å². The van der Waals surface area contributed by atoms with E-state index in [0.29, 0.717) is 6.42 Å². The van der Waals surface area contributed by atoms with Gasteiger partial charge in [-0.2, -0.15) is 0 Å². The minimum atomic E-state index is -0.671. The summed E-state index contributed by atoms with van der Waals surface area (Å²) in [6, 6.07) is 0.264. The summed E-state index contributed by atoms with van der Waals surface area (Å²) in [5.41, 5.74) is 0. The normalized spacial score (nSPS) is 20.4. The lowest BCUT2D eigenvalue weighted by atomic mass is 9.92.